The van der Waals surface area contributed by atoms with Crippen molar-refractivity contribution in [1.82, 2.24) is 15.1 Å². The Morgan fingerprint density at radius 3 is 2.36 bits per heavy atom. The molecule has 6 nitrogen and oxygen atoms in total. The molecule has 2 fully saturated rings. The maximum Gasteiger partial charge on any atom is 0.311 e. The van der Waals surface area contributed by atoms with Crippen LogP contribution in [0.4, 0.5) is 4.39 Å². The highest BCUT2D eigenvalue weighted by molar-refractivity contribution is 6.34. The second-order valence-corrected chi connectivity index (χ2v) is 9.21. The Morgan fingerprint density at radius 2 is 1.73 bits per heavy atom. The van der Waals surface area contributed by atoms with Crippen LogP contribution in [0.1, 0.15) is 31.2 Å². The zero-order chi connectivity index (χ0) is 23.5. The first-order valence-electron chi connectivity index (χ1n) is 11.5. The third kappa shape index (κ3) is 5.07. The van der Waals surface area contributed by atoms with Gasteiger partial charge in [0, 0.05) is 26.6 Å². The number of nitrogens with zero attached hydrogens (tertiary/aromatic N) is 2. The molecule has 1 aliphatic heterocycles. The topological polar surface area (TPSA) is 69.7 Å². The van der Waals surface area contributed by atoms with Gasteiger partial charge in [-0.1, -0.05) is 42.8 Å². The fourth-order valence-corrected chi connectivity index (χ4v) is 4.66. The smallest absolute Gasteiger partial charge is 0.311 e. The Labute approximate surface area is 193 Å². The van der Waals surface area contributed by atoms with Gasteiger partial charge in [0.15, 0.2) is 0 Å². The number of amides is 3. The van der Waals surface area contributed by atoms with Crippen LogP contribution < -0.4 is 5.32 Å². The van der Waals surface area contributed by atoms with E-state index in [9.17, 15) is 18.8 Å². The van der Waals surface area contributed by atoms with Gasteiger partial charge in [0.05, 0.1) is 12.1 Å². The molecule has 2 unspecified atom stereocenters. The van der Waals surface area contributed by atoms with Crippen molar-refractivity contribution in [3.05, 3.63) is 59.9 Å². The molecule has 2 atom stereocenters. The Kier molecular flexibility index (Phi) is 6.77. The summed E-state index contributed by atoms with van der Waals surface area (Å²) in [7, 11) is 3.08. The van der Waals surface area contributed by atoms with Gasteiger partial charge in [-0.05, 0) is 54.5 Å². The largest absolute Gasteiger partial charge is 0.343 e. The standard InChI is InChI=1S/C26H30FN3O3/c1-29(2)26(33)24(31)28-22-12-13-30(25(32)18-7-4-8-18)23(22)15-17-6-3-9-19(14-17)20-10-5-11-21(27)16-20/h3,5-6,9-11,14,16,18,22-23H,4,7-8,12-13,15H2,1-2H3,(H,28,31). The Hall–Kier alpha value is -3.22. The van der Waals surface area contributed by atoms with Crippen LogP contribution in [-0.2, 0) is 20.8 Å². The molecule has 4 rings (SSSR count). The van der Waals surface area contributed by atoms with Gasteiger partial charge in [-0.3, -0.25) is 14.4 Å². The van der Waals surface area contributed by atoms with Crippen LogP contribution in [0.5, 0.6) is 0 Å². The average Bonchev–Trinajstić information content (AvgIpc) is 3.14. The monoisotopic (exact) mass is 451 g/mol. The van der Waals surface area contributed by atoms with Crippen LogP contribution in [-0.4, -0.2) is 60.2 Å². The Balaban J connectivity index is 1.57. The molecule has 1 heterocycles. The maximum absolute atomic E-state index is 13.7. The summed E-state index contributed by atoms with van der Waals surface area (Å²) in [4.78, 5) is 40.8. The van der Waals surface area contributed by atoms with E-state index in [1.54, 1.807) is 20.2 Å². The lowest BCUT2D eigenvalue weighted by Crippen LogP contribution is -2.52. The van der Waals surface area contributed by atoms with E-state index in [2.05, 4.69) is 5.32 Å². The molecule has 0 spiro atoms. The van der Waals surface area contributed by atoms with E-state index in [4.69, 9.17) is 0 Å². The molecule has 3 amide bonds. The van der Waals surface area contributed by atoms with E-state index < -0.39 is 11.8 Å². The Morgan fingerprint density at radius 1 is 1.03 bits per heavy atom. The molecule has 2 aromatic rings. The van der Waals surface area contributed by atoms with E-state index in [1.807, 2.05) is 35.2 Å². The molecule has 1 aliphatic carbocycles. The molecule has 7 heteroatoms. The van der Waals surface area contributed by atoms with E-state index in [-0.39, 0.29) is 29.7 Å². The second-order valence-electron chi connectivity index (χ2n) is 9.21. The quantitative estimate of drug-likeness (QED) is 0.711. The van der Waals surface area contributed by atoms with Crippen LogP contribution in [0.3, 0.4) is 0 Å². The van der Waals surface area contributed by atoms with Gasteiger partial charge in [0.1, 0.15) is 5.82 Å². The van der Waals surface area contributed by atoms with Gasteiger partial charge >= 0.3 is 11.8 Å². The summed E-state index contributed by atoms with van der Waals surface area (Å²) >= 11 is 0. The SMILES string of the molecule is CN(C)C(=O)C(=O)NC1CCN(C(=O)C2CCC2)C1Cc1cccc(-c2cccc(F)c2)c1. The van der Waals surface area contributed by atoms with Gasteiger partial charge in [-0.15, -0.1) is 0 Å². The molecule has 2 aromatic carbocycles. The summed E-state index contributed by atoms with van der Waals surface area (Å²) in [6, 6.07) is 13.8. The van der Waals surface area contributed by atoms with Gasteiger partial charge < -0.3 is 15.1 Å². The molecule has 0 aromatic heterocycles. The molecule has 1 saturated carbocycles. The predicted octanol–water partition coefficient (Wildman–Crippen LogP) is 3.01. The summed E-state index contributed by atoms with van der Waals surface area (Å²) in [6.07, 6.45) is 4.05. The van der Waals surface area contributed by atoms with Crippen molar-refractivity contribution < 1.29 is 18.8 Å². The fraction of sp³-hybridized carbons (Fsp3) is 0.423. The lowest BCUT2D eigenvalue weighted by atomic mass is 9.84. The second kappa shape index (κ2) is 9.73. The minimum Gasteiger partial charge on any atom is -0.343 e. The lowest BCUT2D eigenvalue weighted by molar-refractivity contribution is -0.145. The van der Waals surface area contributed by atoms with Crippen molar-refractivity contribution >= 4 is 17.7 Å². The molecule has 1 saturated heterocycles. The summed E-state index contributed by atoms with van der Waals surface area (Å²) in [5.41, 5.74) is 2.67. The number of rotatable bonds is 5. The molecule has 0 bridgehead atoms. The highest BCUT2D eigenvalue weighted by atomic mass is 19.1. The van der Waals surface area contributed by atoms with Crippen LogP contribution in [0.25, 0.3) is 11.1 Å². The number of benzene rings is 2. The maximum atomic E-state index is 13.7. The van der Waals surface area contributed by atoms with Gasteiger partial charge in [-0.25, -0.2) is 4.39 Å². The van der Waals surface area contributed by atoms with Crippen LogP contribution >= 0.6 is 0 Å². The average molecular weight is 452 g/mol. The third-order valence-corrected chi connectivity index (χ3v) is 6.73. The number of likely N-dealkylation sites (tertiary alicyclic amines) is 1. The summed E-state index contributed by atoms with van der Waals surface area (Å²) in [5, 5.41) is 2.87. The molecule has 33 heavy (non-hydrogen) atoms. The number of carbonyl (C=O) groups excluding carboxylic acids is 3. The van der Waals surface area contributed by atoms with Crippen molar-refractivity contribution in [2.24, 2.45) is 5.92 Å². The number of nitrogens with one attached hydrogen (secondary N) is 1. The molecule has 174 valence electrons. The molecular weight excluding hydrogens is 421 g/mol. The molecule has 0 radical (unpaired) electrons. The van der Waals surface area contributed by atoms with Gasteiger partial charge in [0.25, 0.3) is 0 Å². The van der Waals surface area contributed by atoms with Crippen molar-refractivity contribution in [3.8, 4) is 11.1 Å². The molecular formula is C26H30FN3O3. The number of hydrogen-bond acceptors (Lipinski definition) is 3. The summed E-state index contributed by atoms with van der Waals surface area (Å²) in [6.45, 7) is 0.560. The zero-order valence-electron chi connectivity index (χ0n) is 19.1. The van der Waals surface area contributed by atoms with E-state index in [0.29, 0.717) is 19.4 Å². The van der Waals surface area contributed by atoms with Crippen LogP contribution in [0.15, 0.2) is 48.5 Å². The number of carbonyl (C=O) groups is 3. The molecule has 2 aliphatic rings. The third-order valence-electron chi connectivity index (χ3n) is 6.73. The van der Waals surface area contributed by atoms with Crippen molar-refractivity contribution in [2.45, 2.75) is 44.2 Å². The van der Waals surface area contributed by atoms with Crippen LogP contribution in [0, 0.1) is 11.7 Å². The highest BCUT2D eigenvalue weighted by Crippen LogP contribution is 2.33. The first-order valence-corrected chi connectivity index (χ1v) is 11.5. The van der Waals surface area contributed by atoms with Crippen molar-refractivity contribution in [3.63, 3.8) is 0 Å². The summed E-state index contributed by atoms with van der Waals surface area (Å²) < 4.78 is 13.7. The van der Waals surface area contributed by atoms with Gasteiger partial charge in [-0.2, -0.15) is 0 Å². The first-order chi connectivity index (χ1) is 15.8. The molecule has 1 N–H and O–H groups in total. The summed E-state index contributed by atoms with van der Waals surface area (Å²) in [5.74, 6) is -1.35. The van der Waals surface area contributed by atoms with Crippen molar-refractivity contribution in [2.75, 3.05) is 20.6 Å². The number of halogens is 1. The van der Waals surface area contributed by atoms with Crippen LogP contribution in [0.2, 0.25) is 0 Å². The number of hydrogen-bond donors (Lipinski definition) is 1. The Bertz CT molecular complexity index is 1050. The van der Waals surface area contributed by atoms with E-state index in [0.717, 1.165) is 36.0 Å². The van der Waals surface area contributed by atoms with Crippen molar-refractivity contribution in [1.29, 1.82) is 0 Å². The first kappa shape index (κ1) is 23.0. The highest BCUT2D eigenvalue weighted by Gasteiger charge is 2.41. The fourth-order valence-electron chi connectivity index (χ4n) is 4.66. The number of likely N-dealkylation sites (N-methyl/N-ethyl adjacent to an activating group) is 1. The predicted molar refractivity (Wildman–Crippen MR) is 124 cm³/mol. The van der Waals surface area contributed by atoms with E-state index in [1.165, 1.54) is 17.0 Å². The lowest BCUT2D eigenvalue weighted by Gasteiger charge is -2.34. The minimum atomic E-state index is -0.651. The minimum absolute atomic E-state index is 0.0592. The zero-order valence-corrected chi connectivity index (χ0v) is 19.1. The normalized spacial score (nSPS) is 20.3. The van der Waals surface area contributed by atoms with Gasteiger partial charge in [0.2, 0.25) is 5.91 Å². The van der Waals surface area contributed by atoms with E-state index >= 15 is 0 Å².